The van der Waals surface area contributed by atoms with Gasteiger partial charge in [-0.25, -0.2) is 0 Å². The monoisotopic (exact) mass is 166 g/mol. The van der Waals surface area contributed by atoms with Crippen molar-refractivity contribution in [1.82, 2.24) is 0 Å². The van der Waals surface area contributed by atoms with E-state index in [2.05, 4.69) is 59.8 Å². The van der Waals surface area contributed by atoms with E-state index in [1.807, 2.05) is 0 Å². The molecule has 0 bridgehead atoms. The zero-order chi connectivity index (χ0) is 9.78. The highest BCUT2D eigenvalue weighted by Crippen LogP contribution is 2.29. The van der Waals surface area contributed by atoms with Gasteiger partial charge in [0.25, 0.3) is 0 Å². The lowest BCUT2D eigenvalue weighted by molar-refractivity contribution is 0.366. The second kappa shape index (κ2) is 4.49. The first kappa shape index (κ1) is 11.5. The Kier molecular flexibility index (Phi) is 4.30. The van der Waals surface area contributed by atoms with Crippen LogP contribution in [0.25, 0.3) is 0 Å². The third-order valence-corrected chi connectivity index (χ3v) is 2.35. The van der Waals surface area contributed by atoms with Gasteiger partial charge in [0, 0.05) is 0 Å². The van der Waals surface area contributed by atoms with Gasteiger partial charge in [0.15, 0.2) is 0 Å². The fourth-order valence-electron chi connectivity index (χ4n) is 1.30. The molecule has 0 heteroatoms. The SMILES string of the molecule is C/C=C/C(C)(C)C(C)C=C(C)C. The summed E-state index contributed by atoms with van der Waals surface area (Å²) in [4.78, 5) is 0. The van der Waals surface area contributed by atoms with E-state index in [9.17, 15) is 0 Å². The quantitative estimate of drug-likeness (QED) is 0.551. The minimum Gasteiger partial charge on any atom is -0.0911 e. The van der Waals surface area contributed by atoms with Crippen LogP contribution in [0.2, 0.25) is 0 Å². The molecule has 1 atom stereocenters. The van der Waals surface area contributed by atoms with Crippen LogP contribution >= 0.6 is 0 Å². The molecule has 0 heterocycles. The molecule has 0 saturated heterocycles. The average molecular weight is 166 g/mol. The maximum Gasteiger partial charge on any atom is -0.0115 e. The summed E-state index contributed by atoms with van der Waals surface area (Å²) in [6.45, 7) is 13.2. The summed E-state index contributed by atoms with van der Waals surface area (Å²) in [7, 11) is 0. The van der Waals surface area contributed by atoms with Gasteiger partial charge in [-0.2, -0.15) is 0 Å². The van der Waals surface area contributed by atoms with E-state index in [0.717, 1.165) is 0 Å². The van der Waals surface area contributed by atoms with E-state index in [0.29, 0.717) is 5.92 Å². The number of rotatable bonds is 3. The molecule has 0 N–H and O–H groups in total. The highest BCUT2D eigenvalue weighted by Gasteiger charge is 2.19. The topological polar surface area (TPSA) is 0 Å². The summed E-state index contributed by atoms with van der Waals surface area (Å²) in [6, 6.07) is 0. The standard InChI is InChI=1S/C12H22/c1-7-8-12(5,6)11(4)9-10(2)3/h7-9,11H,1-6H3/b8-7+. The molecular formula is C12H22. The van der Waals surface area contributed by atoms with E-state index in [4.69, 9.17) is 0 Å². The molecule has 0 aromatic heterocycles. The van der Waals surface area contributed by atoms with Crippen molar-refractivity contribution in [2.45, 2.75) is 41.5 Å². The van der Waals surface area contributed by atoms with E-state index in [1.54, 1.807) is 0 Å². The Morgan fingerprint density at radius 1 is 1.25 bits per heavy atom. The van der Waals surface area contributed by atoms with Gasteiger partial charge in [-0.1, -0.05) is 44.6 Å². The van der Waals surface area contributed by atoms with Crippen molar-refractivity contribution in [3.8, 4) is 0 Å². The van der Waals surface area contributed by atoms with Crippen molar-refractivity contribution in [2.75, 3.05) is 0 Å². The van der Waals surface area contributed by atoms with Crippen molar-refractivity contribution < 1.29 is 0 Å². The zero-order valence-electron chi connectivity index (χ0n) is 9.31. The summed E-state index contributed by atoms with van der Waals surface area (Å²) in [6.07, 6.45) is 6.74. The molecule has 0 aromatic carbocycles. The number of allylic oxidation sites excluding steroid dienone is 4. The second-order valence-corrected chi connectivity index (χ2v) is 4.35. The van der Waals surface area contributed by atoms with Gasteiger partial charge < -0.3 is 0 Å². The van der Waals surface area contributed by atoms with Crippen LogP contribution in [-0.2, 0) is 0 Å². The van der Waals surface area contributed by atoms with E-state index >= 15 is 0 Å². The molecular weight excluding hydrogens is 144 g/mol. The predicted octanol–water partition coefficient (Wildman–Crippen LogP) is 4.19. The molecule has 0 saturated carbocycles. The third kappa shape index (κ3) is 3.75. The van der Waals surface area contributed by atoms with Crippen LogP contribution in [0.15, 0.2) is 23.8 Å². The Morgan fingerprint density at radius 3 is 2.08 bits per heavy atom. The van der Waals surface area contributed by atoms with Gasteiger partial charge >= 0.3 is 0 Å². The zero-order valence-corrected chi connectivity index (χ0v) is 9.31. The summed E-state index contributed by atoms with van der Waals surface area (Å²) in [5.74, 6) is 0.610. The molecule has 0 aliphatic rings. The van der Waals surface area contributed by atoms with Gasteiger partial charge in [0.05, 0.1) is 0 Å². The molecule has 0 radical (unpaired) electrons. The lowest BCUT2D eigenvalue weighted by atomic mass is 9.79. The Hall–Kier alpha value is -0.520. The smallest absolute Gasteiger partial charge is 0.0115 e. The first-order chi connectivity index (χ1) is 5.40. The summed E-state index contributed by atoms with van der Waals surface area (Å²) < 4.78 is 0. The molecule has 70 valence electrons. The molecule has 0 amide bonds. The molecule has 0 aromatic rings. The minimum atomic E-state index is 0.284. The van der Waals surface area contributed by atoms with E-state index < -0.39 is 0 Å². The Bertz CT molecular complexity index is 178. The Labute approximate surface area is 77.4 Å². The fourth-order valence-corrected chi connectivity index (χ4v) is 1.30. The van der Waals surface area contributed by atoms with Gasteiger partial charge in [0.1, 0.15) is 0 Å². The first-order valence-corrected chi connectivity index (χ1v) is 4.69. The van der Waals surface area contributed by atoms with Crippen molar-refractivity contribution in [1.29, 1.82) is 0 Å². The van der Waals surface area contributed by atoms with Crippen LogP contribution in [-0.4, -0.2) is 0 Å². The second-order valence-electron chi connectivity index (χ2n) is 4.35. The molecule has 1 unspecified atom stereocenters. The van der Waals surface area contributed by atoms with Crippen LogP contribution in [0.1, 0.15) is 41.5 Å². The number of hydrogen-bond donors (Lipinski definition) is 0. The lowest BCUT2D eigenvalue weighted by Crippen LogP contribution is -2.16. The molecule has 0 rings (SSSR count). The van der Waals surface area contributed by atoms with Gasteiger partial charge in [-0.3, -0.25) is 0 Å². The normalized spacial score (nSPS) is 14.8. The van der Waals surface area contributed by atoms with Crippen molar-refractivity contribution in [2.24, 2.45) is 11.3 Å². The van der Waals surface area contributed by atoms with E-state index in [1.165, 1.54) is 5.57 Å². The highest BCUT2D eigenvalue weighted by molar-refractivity contribution is 5.06. The predicted molar refractivity (Wildman–Crippen MR) is 57.2 cm³/mol. The Balaban J connectivity index is 4.45. The summed E-state index contributed by atoms with van der Waals surface area (Å²) >= 11 is 0. The highest BCUT2D eigenvalue weighted by atomic mass is 14.2. The van der Waals surface area contributed by atoms with Crippen molar-refractivity contribution in [3.05, 3.63) is 23.8 Å². The minimum absolute atomic E-state index is 0.284. The Morgan fingerprint density at radius 2 is 1.75 bits per heavy atom. The molecule has 0 nitrogen and oxygen atoms in total. The van der Waals surface area contributed by atoms with Crippen LogP contribution in [0.3, 0.4) is 0 Å². The number of hydrogen-bond acceptors (Lipinski definition) is 0. The van der Waals surface area contributed by atoms with Crippen LogP contribution in [0.5, 0.6) is 0 Å². The maximum absolute atomic E-state index is 2.33. The fraction of sp³-hybridized carbons (Fsp3) is 0.667. The van der Waals surface area contributed by atoms with Crippen molar-refractivity contribution in [3.63, 3.8) is 0 Å². The third-order valence-electron chi connectivity index (χ3n) is 2.35. The van der Waals surface area contributed by atoms with Gasteiger partial charge in [0.2, 0.25) is 0 Å². The summed E-state index contributed by atoms with van der Waals surface area (Å²) in [5.41, 5.74) is 1.69. The average Bonchev–Trinajstić information content (AvgIpc) is 1.85. The van der Waals surface area contributed by atoms with E-state index in [-0.39, 0.29) is 5.41 Å². The van der Waals surface area contributed by atoms with Gasteiger partial charge in [-0.05, 0) is 32.1 Å². The van der Waals surface area contributed by atoms with Crippen LogP contribution in [0, 0.1) is 11.3 Å². The maximum atomic E-state index is 2.33. The molecule has 0 aliphatic heterocycles. The largest absolute Gasteiger partial charge is 0.0911 e. The molecule has 12 heavy (non-hydrogen) atoms. The first-order valence-electron chi connectivity index (χ1n) is 4.69. The van der Waals surface area contributed by atoms with Crippen LogP contribution < -0.4 is 0 Å². The summed E-state index contributed by atoms with van der Waals surface area (Å²) in [5, 5.41) is 0. The van der Waals surface area contributed by atoms with Crippen LogP contribution in [0.4, 0.5) is 0 Å². The van der Waals surface area contributed by atoms with Gasteiger partial charge in [-0.15, -0.1) is 0 Å². The van der Waals surface area contributed by atoms with Crippen molar-refractivity contribution >= 4 is 0 Å². The molecule has 0 aliphatic carbocycles. The molecule has 0 fully saturated rings. The molecule has 0 spiro atoms. The lowest BCUT2D eigenvalue weighted by Gasteiger charge is -2.26.